The van der Waals surface area contributed by atoms with Gasteiger partial charge in [0.25, 0.3) is 0 Å². The van der Waals surface area contributed by atoms with E-state index in [0.717, 1.165) is 32.3 Å². The first kappa shape index (κ1) is 14.2. The Morgan fingerprint density at radius 1 is 1.50 bits per heavy atom. The Balaban J connectivity index is 1.77. The van der Waals surface area contributed by atoms with E-state index in [9.17, 15) is 4.79 Å². The third-order valence-corrected chi connectivity index (χ3v) is 4.72. The fourth-order valence-corrected chi connectivity index (χ4v) is 3.97. The summed E-state index contributed by atoms with van der Waals surface area (Å²) in [6, 6.07) is 0.395. The second-order valence-corrected chi connectivity index (χ2v) is 6.24. The van der Waals surface area contributed by atoms with Gasteiger partial charge in [-0.1, -0.05) is 0 Å². The van der Waals surface area contributed by atoms with Crippen molar-refractivity contribution in [2.24, 2.45) is 0 Å². The molecule has 2 aliphatic rings. The van der Waals surface area contributed by atoms with E-state index in [1.54, 1.807) is 0 Å². The predicted octanol–water partition coefficient (Wildman–Crippen LogP) is 1.58. The molecule has 2 saturated heterocycles. The largest absolute Gasteiger partial charge is 0.465 e. The lowest BCUT2D eigenvalue weighted by Crippen LogP contribution is -2.49. The van der Waals surface area contributed by atoms with Gasteiger partial charge in [-0.05, 0) is 44.1 Å². The number of thioether (sulfide) groups is 1. The van der Waals surface area contributed by atoms with Crippen LogP contribution in [0, 0.1) is 0 Å². The molecule has 4 nitrogen and oxygen atoms in total. The molecule has 1 atom stereocenters. The average Bonchev–Trinajstić information content (AvgIpc) is 2.38. The Bertz CT molecular complexity index is 274. The van der Waals surface area contributed by atoms with Gasteiger partial charge in [0.1, 0.15) is 0 Å². The highest BCUT2D eigenvalue weighted by molar-refractivity contribution is 7.99. The quantitative estimate of drug-likeness (QED) is 0.788. The lowest BCUT2D eigenvalue weighted by atomic mass is 9.85. The van der Waals surface area contributed by atoms with Crippen molar-refractivity contribution in [2.75, 3.05) is 31.3 Å². The first-order valence-corrected chi connectivity index (χ1v) is 8.00. The second-order valence-electron chi connectivity index (χ2n) is 5.02. The normalized spacial score (nSPS) is 27.1. The molecule has 0 radical (unpaired) electrons. The summed E-state index contributed by atoms with van der Waals surface area (Å²) in [5.41, 5.74) is 0.0792. The molecule has 0 aliphatic carbocycles. The highest BCUT2D eigenvalue weighted by atomic mass is 32.2. The zero-order valence-electron chi connectivity index (χ0n) is 11.1. The van der Waals surface area contributed by atoms with Crippen LogP contribution >= 0.6 is 11.8 Å². The van der Waals surface area contributed by atoms with Gasteiger partial charge in [-0.25, -0.2) is 0 Å². The molecule has 0 bridgehead atoms. The highest BCUT2D eigenvalue weighted by Crippen LogP contribution is 2.37. The van der Waals surface area contributed by atoms with Crippen LogP contribution in [0.1, 0.15) is 32.6 Å². The van der Waals surface area contributed by atoms with Crippen molar-refractivity contribution in [3.05, 3.63) is 0 Å². The Hall–Kier alpha value is -0.260. The predicted molar refractivity (Wildman–Crippen MR) is 72.9 cm³/mol. The van der Waals surface area contributed by atoms with E-state index in [1.165, 1.54) is 11.5 Å². The number of carbonyl (C=O) groups excluding carboxylic acids is 1. The van der Waals surface area contributed by atoms with Gasteiger partial charge in [0.2, 0.25) is 0 Å². The molecule has 0 aromatic rings. The number of hydrogen-bond acceptors (Lipinski definition) is 5. The van der Waals surface area contributed by atoms with Crippen molar-refractivity contribution in [3.63, 3.8) is 0 Å². The first-order chi connectivity index (χ1) is 8.74. The Morgan fingerprint density at radius 3 is 3.00 bits per heavy atom. The maximum Gasteiger partial charge on any atom is 0.319 e. The summed E-state index contributed by atoms with van der Waals surface area (Å²) in [5, 5.41) is 3.32. The molecule has 2 rings (SSSR count). The molecule has 0 aromatic heterocycles. The molecule has 5 heteroatoms. The van der Waals surface area contributed by atoms with Crippen LogP contribution in [0.25, 0.3) is 0 Å². The van der Waals surface area contributed by atoms with E-state index >= 15 is 0 Å². The van der Waals surface area contributed by atoms with Gasteiger partial charge in [-0.2, -0.15) is 11.8 Å². The molecule has 1 spiro atoms. The van der Waals surface area contributed by atoms with Crippen molar-refractivity contribution >= 4 is 17.7 Å². The summed E-state index contributed by atoms with van der Waals surface area (Å²) >= 11 is 2.01. The van der Waals surface area contributed by atoms with Gasteiger partial charge >= 0.3 is 5.97 Å². The number of rotatable bonds is 4. The fraction of sp³-hybridized carbons (Fsp3) is 0.923. The van der Waals surface area contributed by atoms with Crippen LogP contribution in [-0.4, -0.2) is 48.9 Å². The lowest BCUT2D eigenvalue weighted by molar-refractivity contribution is -0.142. The molecule has 1 N–H and O–H groups in total. The third kappa shape index (κ3) is 3.87. The van der Waals surface area contributed by atoms with Gasteiger partial charge < -0.3 is 14.8 Å². The summed E-state index contributed by atoms with van der Waals surface area (Å²) in [7, 11) is 0. The van der Waals surface area contributed by atoms with E-state index in [0.29, 0.717) is 19.2 Å². The summed E-state index contributed by atoms with van der Waals surface area (Å²) in [4.78, 5) is 11.3. The van der Waals surface area contributed by atoms with Crippen LogP contribution in [0.5, 0.6) is 0 Å². The van der Waals surface area contributed by atoms with E-state index in [1.807, 2.05) is 18.7 Å². The topological polar surface area (TPSA) is 47.6 Å². The standard InChI is InChI=1S/C13H23NO3S/c1-2-16-12(15)10-14-11-3-6-17-13(9-11)4-7-18-8-5-13/h11,14H,2-10H2,1H3. The maximum atomic E-state index is 11.3. The van der Waals surface area contributed by atoms with Crippen molar-refractivity contribution in [1.29, 1.82) is 0 Å². The van der Waals surface area contributed by atoms with Crippen molar-refractivity contribution < 1.29 is 14.3 Å². The Kier molecular flexibility index (Phi) is 5.33. The van der Waals surface area contributed by atoms with Crippen molar-refractivity contribution in [1.82, 2.24) is 5.32 Å². The monoisotopic (exact) mass is 273 g/mol. The molecular weight excluding hydrogens is 250 g/mol. The van der Waals surface area contributed by atoms with Crippen molar-refractivity contribution in [2.45, 2.75) is 44.2 Å². The molecule has 0 saturated carbocycles. The van der Waals surface area contributed by atoms with E-state index in [4.69, 9.17) is 9.47 Å². The summed E-state index contributed by atoms with van der Waals surface area (Å²) in [6.45, 7) is 3.42. The van der Waals surface area contributed by atoms with Crippen LogP contribution in [0.4, 0.5) is 0 Å². The van der Waals surface area contributed by atoms with Gasteiger partial charge in [-0.15, -0.1) is 0 Å². The zero-order chi connectivity index (χ0) is 12.8. The average molecular weight is 273 g/mol. The molecular formula is C13H23NO3S. The summed E-state index contributed by atoms with van der Waals surface area (Å²) < 4.78 is 11.0. The number of ether oxygens (including phenoxy) is 2. The number of carbonyl (C=O) groups is 1. The molecule has 2 heterocycles. The van der Waals surface area contributed by atoms with Gasteiger partial charge in [0.15, 0.2) is 0 Å². The van der Waals surface area contributed by atoms with Crippen LogP contribution in [-0.2, 0) is 14.3 Å². The minimum Gasteiger partial charge on any atom is -0.465 e. The molecule has 0 amide bonds. The van der Waals surface area contributed by atoms with Gasteiger partial charge in [0.05, 0.1) is 18.8 Å². The van der Waals surface area contributed by atoms with E-state index in [-0.39, 0.29) is 11.6 Å². The Labute approximate surface area is 113 Å². The molecule has 2 fully saturated rings. The molecule has 1 unspecified atom stereocenters. The lowest BCUT2D eigenvalue weighted by Gasteiger charge is -2.43. The SMILES string of the molecule is CCOC(=O)CNC1CCOC2(CCSCC2)C1. The fourth-order valence-electron chi connectivity index (χ4n) is 2.73. The number of nitrogens with one attached hydrogen (secondary N) is 1. The maximum absolute atomic E-state index is 11.3. The Morgan fingerprint density at radius 2 is 2.28 bits per heavy atom. The van der Waals surface area contributed by atoms with Gasteiger partial charge in [-0.3, -0.25) is 4.79 Å². The smallest absolute Gasteiger partial charge is 0.319 e. The first-order valence-electron chi connectivity index (χ1n) is 6.85. The number of esters is 1. The molecule has 18 heavy (non-hydrogen) atoms. The molecule has 2 aliphatic heterocycles. The van der Waals surface area contributed by atoms with Crippen LogP contribution in [0.3, 0.4) is 0 Å². The van der Waals surface area contributed by atoms with E-state index < -0.39 is 0 Å². The molecule has 0 aromatic carbocycles. The summed E-state index contributed by atoms with van der Waals surface area (Å²) in [5.74, 6) is 2.24. The van der Waals surface area contributed by atoms with Crippen LogP contribution < -0.4 is 5.32 Å². The zero-order valence-corrected chi connectivity index (χ0v) is 11.9. The number of hydrogen-bond donors (Lipinski definition) is 1. The molecule has 104 valence electrons. The second kappa shape index (κ2) is 6.78. The minimum absolute atomic E-state index is 0.0792. The summed E-state index contributed by atoms with van der Waals surface area (Å²) in [6.07, 6.45) is 4.33. The van der Waals surface area contributed by atoms with E-state index in [2.05, 4.69) is 5.32 Å². The third-order valence-electron chi connectivity index (χ3n) is 3.74. The van der Waals surface area contributed by atoms with Crippen LogP contribution in [0.15, 0.2) is 0 Å². The van der Waals surface area contributed by atoms with Crippen LogP contribution in [0.2, 0.25) is 0 Å². The highest BCUT2D eigenvalue weighted by Gasteiger charge is 2.38. The minimum atomic E-state index is -0.155. The van der Waals surface area contributed by atoms with Gasteiger partial charge in [0, 0.05) is 12.6 Å². The van der Waals surface area contributed by atoms with Crippen molar-refractivity contribution in [3.8, 4) is 0 Å².